The molecule has 0 spiro atoms. The van der Waals surface area contributed by atoms with E-state index in [1.54, 1.807) is 14.0 Å². The molecule has 1 aromatic carbocycles. The van der Waals surface area contributed by atoms with E-state index < -0.39 is 0 Å². The minimum atomic E-state index is -0.161. The fraction of sp³-hybridized carbons (Fsp3) is 0.300. The van der Waals surface area contributed by atoms with Gasteiger partial charge in [-0.25, -0.2) is 0 Å². The first-order chi connectivity index (χ1) is 5.75. The maximum atomic E-state index is 11.1. The largest absolute Gasteiger partial charge is 0.307 e. The number of likely N-dealkylation sites (N-methyl/N-ethyl adjacent to an activating group) is 1. The van der Waals surface area contributed by atoms with E-state index in [9.17, 15) is 4.79 Å². The van der Waals surface area contributed by atoms with Crippen molar-refractivity contribution in [2.45, 2.75) is 13.0 Å². The van der Waals surface area contributed by atoms with Gasteiger partial charge in [-0.3, -0.25) is 4.79 Å². The lowest BCUT2D eigenvalue weighted by Crippen LogP contribution is -2.22. The summed E-state index contributed by atoms with van der Waals surface area (Å²) in [6.07, 6.45) is 0. The fourth-order valence-electron chi connectivity index (χ4n) is 1.25. The zero-order valence-corrected chi connectivity index (χ0v) is 7.37. The van der Waals surface area contributed by atoms with Crippen molar-refractivity contribution in [3.8, 4) is 0 Å². The van der Waals surface area contributed by atoms with Crippen LogP contribution in [0.4, 0.5) is 0 Å². The molecule has 2 heteroatoms. The third-order valence-electron chi connectivity index (χ3n) is 1.83. The van der Waals surface area contributed by atoms with Crippen molar-refractivity contribution in [3.05, 3.63) is 35.9 Å². The van der Waals surface area contributed by atoms with Crippen LogP contribution in [-0.2, 0) is 4.79 Å². The summed E-state index contributed by atoms with van der Waals surface area (Å²) in [5.74, 6) is 0.142. The molecule has 0 fully saturated rings. The molecule has 0 radical (unpaired) electrons. The van der Waals surface area contributed by atoms with Gasteiger partial charge in [0.1, 0.15) is 0 Å². The highest BCUT2D eigenvalue weighted by molar-refractivity contribution is 5.82. The van der Waals surface area contributed by atoms with Gasteiger partial charge in [-0.2, -0.15) is 0 Å². The number of carbonyl (C=O) groups excluding carboxylic acids is 1. The maximum absolute atomic E-state index is 11.1. The van der Waals surface area contributed by atoms with Gasteiger partial charge in [0.25, 0.3) is 0 Å². The molecule has 0 bridgehead atoms. The lowest BCUT2D eigenvalue weighted by Gasteiger charge is -2.12. The summed E-state index contributed by atoms with van der Waals surface area (Å²) in [7, 11) is 1.79. The molecular weight excluding hydrogens is 150 g/mol. The number of rotatable bonds is 3. The zero-order valence-electron chi connectivity index (χ0n) is 7.37. The van der Waals surface area contributed by atoms with Gasteiger partial charge < -0.3 is 5.32 Å². The minimum absolute atomic E-state index is 0.142. The Hall–Kier alpha value is -1.15. The second kappa shape index (κ2) is 4.02. The van der Waals surface area contributed by atoms with E-state index in [1.165, 1.54) is 0 Å². The van der Waals surface area contributed by atoms with Crippen molar-refractivity contribution in [2.24, 2.45) is 0 Å². The molecule has 0 saturated heterocycles. The summed E-state index contributed by atoms with van der Waals surface area (Å²) in [5, 5.41) is 2.97. The summed E-state index contributed by atoms with van der Waals surface area (Å²) in [6.45, 7) is 1.59. The summed E-state index contributed by atoms with van der Waals surface area (Å²) in [4.78, 5) is 11.1. The number of hydrogen-bond acceptors (Lipinski definition) is 2. The number of benzene rings is 1. The smallest absolute Gasteiger partial charge is 0.151 e. The summed E-state index contributed by atoms with van der Waals surface area (Å²) in [5.41, 5.74) is 1.02. The quantitative estimate of drug-likeness (QED) is 0.732. The van der Waals surface area contributed by atoms with Crippen LogP contribution >= 0.6 is 0 Å². The Labute approximate surface area is 72.6 Å². The molecule has 0 heterocycles. The summed E-state index contributed by atoms with van der Waals surface area (Å²) >= 11 is 0. The van der Waals surface area contributed by atoms with E-state index >= 15 is 0 Å². The first-order valence-electron chi connectivity index (χ1n) is 3.98. The fourth-order valence-corrected chi connectivity index (χ4v) is 1.25. The van der Waals surface area contributed by atoms with Crippen molar-refractivity contribution in [2.75, 3.05) is 7.05 Å². The number of hydrogen-bond donors (Lipinski definition) is 1. The monoisotopic (exact) mass is 163 g/mol. The van der Waals surface area contributed by atoms with Crippen LogP contribution in [0.1, 0.15) is 18.5 Å². The van der Waals surface area contributed by atoms with E-state index in [4.69, 9.17) is 0 Å². The number of ketones is 1. The van der Waals surface area contributed by atoms with Crippen molar-refractivity contribution < 1.29 is 4.79 Å². The topological polar surface area (TPSA) is 29.1 Å². The minimum Gasteiger partial charge on any atom is -0.307 e. The maximum Gasteiger partial charge on any atom is 0.151 e. The molecule has 0 aliphatic carbocycles. The van der Waals surface area contributed by atoms with E-state index in [0.717, 1.165) is 5.56 Å². The van der Waals surface area contributed by atoms with Crippen molar-refractivity contribution in [3.63, 3.8) is 0 Å². The number of carbonyl (C=O) groups is 1. The van der Waals surface area contributed by atoms with Crippen LogP contribution in [0.3, 0.4) is 0 Å². The third-order valence-corrected chi connectivity index (χ3v) is 1.83. The molecule has 0 saturated carbocycles. The Morgan fingerprint density at radius 3 is 2.33 bits per heavy atom. The van der Waals surface area contributed by atoms with Gasteiger partial charge >= 0.3 is 0 Å². The standard InChI is InChI=1S/C10H13NO/c1-8(12)10(11-2)9-6-4-3-5-7-9/h3-7,10-11H,1-2H3. The molecule has 1 rings (SSSR count). The second-order valence-corrected chi connectivity index (χ2v) is 2.74. The van der Waals surface area contributed by atoms with Crippen LogP contribution in [-0.4, -0.2) is 12.8 Å². The predicted molar refractivity (Wildman–Crippen MR) is 48.9 cm³/mol. The zero-order chi connectivity index (χ0) is 8.97. The normalized spacial score (nSPS) is 12.5. The van der Waals surface area contributed by atoms with Crippen LogP contribution < -0.4 is 5.32 Å². The van der Waals surface area contributed by atoms with Crippen molar-refractivity contribution >= 4 is 5.78 Å². The van der Waals surface area contributed by atoms with Gasteiger partial charge in [0, 0.05) is 0 Å². The predicted octanol–water partition coefficient (Wildman–Crippen LogP) is 1.54. The SMILES string of the molecule is CNC(C(C)=O)c1ccccc1. The van der Waals surface area contributed by atoms with Crippen molar-refractivity contribution in [1.29, 1.82) is 0 Å². The Balaban J connectivity index is 2.88. The van der Waals surface area contributed by atoms with Gasteiger partial charge in [0.2, 0.25) is 0 Å². The lowest BCUT2D eigenvalue weighted by atomic mass is 10.0. The first kappa shape index (κ1) is 8.94. The van der Waals surface area contributed by atoms with Crippen LogP contribution in [0.15, 0.2) is 30.3 Å². The molecule has 2 nitrogen and oxygen atoms in total. The van der Waals surface area contributed by atoms with Crippen LogP contribution in [0.2, 0.25) is 0 Å². The first-order valence-corrected chi connectivity index (χ1v) is 3.98. The van der Waals surface area contributed by atoms with E-state index in [0.29, 0.717) is 0 Å². The average Bonchev–Trinajstić information content (AvgIpc) is 2.07. The summed E-state index contributed by atoms with van der Waals surface area (Å²) < 4.78 is 0. The van der Waals surface area contributed by atoms with E-state index in [1.807, 2.05) is 30.3 Å². The molecule has 1 N–H and O–H groups in total. The molecule has 0 amide bonds. The molecule has 0 aromatic heterocycles. The average molecular weight is 163 g/mol. The third kappa shape index (κ3) is 1.92. The molecule has 0 aliphatic heterocycles. The molecule has 1 unspecified atom stereocenters. The number of Topliss-reactive ketones (excluding diaryl/α,β-unsaturated/α-hetero) is 1. The molecule has 1 aromatic rings. The van der Waals surface area contributed by atoms with Gasteiger partial charge in [-0.05, 0) is 19.5 Å². The van der Waals surface area contributed by atoms with Crippen LogP contribution in [0.5, 0.6) is 0 Å². The molecule has 1 atom stereocenters. The Morgan fingerprint density at radius 1 is 1.33 bits per heavy atom. The summed E-state index contributed by atoms with van der Waals surface area (Å²) in [6, 6.07) is 9.54. The van der Waals surface area contributed by atoms with E-state index in [-0.39, 0.29) is 11.8 Å². The lowest BCUT2D eigenvalue weighted by molar-refractivity contribution is -0.119. The van der Waals surface area contributed by atoms with Gasteiger partial charge in [-0.1, -0.05) is 30.3 Å². The van der Waals surface area contributed by atoms with E-state index in [2.05, 4.69) is 5.32 Å². The number of nitrogens with one attached hydrogen (secondary N) is 1. The Morgan fingerprint density at radius 2 is 1.92 bits per heavy atom. The molecular formula is C10H13NO. The van der Waals surface area contributed by atoms with Crippen molar-refractivity contribution in [1.82, 2.24) is 5.32 Å². The molecule has 0 aliphatic rings. The molecule has 12 heavy (non-hydrogen) atoms. The highest BCUT2D eigenvalue weighted by Crippen LogP contribution is 2.11. The van der Waals surface area contributed by atoms with Gasteiger partial charge in [-0.15, -0.1) is 0 Å². The highest BCUT2D eigenvalue weighted by atomic mass is 16.1. The highest BCUT2D eigenvalue weighted by Gasteiger charge is 2.12. The van der Waals surface area contributed by atoms with Gasteiger partial charge in [0.15, 0.2) is 5.78 Å². The second-order valence-electron chi connectivity index (χ2n) is 2.74. The Bertz CT molecular complexity index is 256. The van der Waals surface area contributed by atoms with Crippen LogP contribution in [0, 0.1) is 0 Å². The molecule has 64 valence electrons. The van der Waals surface area contributed by atoms with Crippen LogP contribution in [0.25, 0.3) is 0 Å². The van der Waals surface area contributed by atoms with Gasteiger partial charge in [0.05, 0.1) is 6.04 Å². The Kier molecular flexibility index (Phi) is 3.00.